The highest BCUT2D eigenvalue weighted by Crippen LogP contribution is 2.36. The molecule has 0 aromatic carbocycles. The maximum atomic E-state index is 12.2. The van der Waals surface area contributed by atoms with Crippen molar-refractivity contribution in [3.05, 3.63) is 23.7 Å². The van der Waals surface area contributed by atoms with E-state index in [-0.39, 0.29) is 18.1 Å². The molecule has 1 aliphatic carbocycles. The summed E-state index contributed by atoms with van der Waals surface area (Å²) in [5.74, 6) is 0.970. The van der Waals surface area contributed by atoms with Gasteiger partial charge in [0.15, 0.2) is 0 Å². The number of esters is 1. The van der Waals surface area contributed by atoms with Gasteiger partial charge in [-0.1, -0.05) is 0 Å². The van der Waals surface area contributed by atoms with Crippen molar-refractivity contribution in [2.45, 2.75) is 38.3 Å². The summed E-state index contributed by atoms with van der Waals surface area (Å²) in [4.78, 5) is 14.5. The fourth-order valence-electron chi connectivity index (χ4n) is 3.36. The Labute approximate surface area is 119 Å². The maximum absolute atomic E-state index is 12.2. The van der Waals surface area contributed by atoms with Crippen LogP contribution in [-0.4, -0.2) is 43.2 Å². The third-order valence-corrected chi connectivity index (χ3v) is 4.26. The molecule has 1 fully saturated rings. The Hall–Kier alpha value is -1.33. The third kappa shape index (κ3) is 2.47. The molecule has 0 saturated carbocycles. The molecule has 1 N–H and O–H groups in total. The van der Waals surface area contributed by atoms with Gasteiger partial charge in [0.05, 0.1) is 12.9 Å². The minimum absolute atomic E-state index is 0.115. The van der Waals surface area contributed by atoms with E-state index in [1.807, 2.05) is 6.92 Å². The average molecular weight is 278 g/mol. The summed E-state index contributed by atoms with van der Waals surface area (Å²) in [6, 6.07) is 2.16. The second kappa shape index (κ2) is 5.97. The van der Waals surface area contributed by atoms with Crippen LogP contribution in [0.15, 0.2) is 16.7 Å². The highest BCUT2D eigenvalue weighted by atomic mass is 16.5. The second-order valence-electron chi connectivity index (χ2n) is 5.42. The van der Waals surface area contributed by atoms with Crippen molar-refractivity contribution in [1.29, 1.82) is 0 Å². The molecule has 1 aromatic rings. The smallest absolute Gasteiger partial charge is 0.324 e. The number of furan rings is 1. The third-order valence-electron chi connectivity index (χ3n) is 4.26. The topological polar surface area (TPSA) is 54.7 Å². The van der Waals surface area contributed by atoms with Gasteiger partial charge in [-0.3, -0.25) is 9.69 Å². The molecule has 2 unspecified atom stereocenters. The Kier molecular flexibility index (Phi) is 4.08. The van der Waals surface area contributed by atoms with Gasteiger partial charge in [0, 0.05) is 37.7 Å². The number of rotatable bonds is 3. The SMILES string of the molecule is CCOC(=O)C1CNCCN1C1CCCc2occc21. The van der Waals surface area contributed by atoms with E-state index in [0.29, 0.717) is 13.2 Å². The van der Waals surface area contributed by atoms with E-state index in [1.165, 1.54) is 5.56 Å². The number of nitrogens with one attached hydrogen (secondary N) is 1. The van der Waals surface area contributed by atoms with Crippen molar-refractivity contribution in [2.24, 2.45) is 0 Å². The number of carbonyl (C=O) groups is 1. The first-order chi connectivity index (χ1) is 9.81. The van der Waals surface area contributed by atoms with Gasteiger partial charge in [0.1, 0.15) is 11.8 Å². The fraction of sp³-hybridized carbons (Fsp3) is 0.667. The lowest BCUT2D eigenvalue weighted by atomic mass is 9.90. The molecule has 1 aliphatic heterocycles. The summed E-state index contributed by atoms with van der Waals surface area (Å²) in [6.45, 7) is 4.75. The van der Waals surface area contributed by atoms with E-state index >= 15 is 0 Å². The predicted molar refractivity (Wildman–Crippen MR) is 74.4 cm³/mol. The minimum atomic E-state index is -0.186. The number of carbonyl (C=O) groups excluding carboxylic acids is 1. The van der Waals surface area contributed by atoms with Crippen LogP contribution < -0.4 is 5.32 Å². The molecule has 2 atom stereocenters. The zero-order valence-electron chi connectivity index (χ0n) is 11.9. The number of nitrogens with zero attached hydrogens (tertiary/aromatic N) is 1. The van der Waals surface area contributed by atoms with Crippen molar-refractivity contribution < 1.29 is 13.9 Å². The molecule has 0 radical (unpaired) electrons. The van der Waals surface area contributed by atoms with Crippen molar-refractivity contribution in [3.8, 4) is 0 Å². The van der Waals surface area contributed by atoms with Gasteiger partial charge in [-0.25, -0.2) is 0 Å². The minimum Gasteiger partial charge on any atom is -0.469 e. The van der Waals surface area contributed by atoms with Gasteiger partial charge >= 0.3 is 5.97 Å². The first-order valence-electron chi connectivity index (χ1n) is 7.50. The molecule has 110 valence electrons. The molecule has 20 heavy (non-hydrogen) atoms. The molecule has 2 heterocycles. The van der Waals surface area contributed by atoms with E-state index in [0.717, 1.165) is 38.1 Å². The van der Waals surface area contributed by atoms with Crippen LogP contribution in [0.5, 0.6) is 0 Å². The van der Waals surface area contributed by atoms with Crippen LogP contribution in [0.1, 0.15) is 37.1 Å². The van der Waals surface area contributed by atoms with Gasteiger partial charge < -0.3 is 14.5 Å². The Bertz CT molecular complexity index is 471. The van der Waals surface area contributed by atoms with Crippen molar-refractivity contribution in [1.82, 2.24) is 10.2 Å². The monoisotopic (exact) mass is 278 g/mol. The van der Waals surface area contributed by atoms with Crippen LogP contribution in [0, 0.1) is 0 Å². The zero-order valence-corrected chi connectivity index (χ0v) is 11.9. The van der Waals surface area contributed by atoms with Gasteiger partial charge in [0.2, 0.25) is 0 Å². The summed E-state index contributed by atoms with van der Waals surface area (Å²) in [5.41, 5.74) is 1.26. The second-order valence-corrected chi connectivity index (χ2v) is 5.42. The Morgan fingerprint density at radius 2 is 2.50 bits per heavy atom. The molecule has 5 nitrogen and oxygen atoms in total. The summed E-state index contributed by atoms with van der Waals surface area (Å²) in [6.07, 6.45) is 4.98. The van der Waals surface area contributed by atoms with Crippen LogP contribution >= 0.6 is 0 Å². The average Bonchev–Trinajstić information content (AvgIpc) is 2.96. The first-order valence-corrected chi connectivity index (χ1v) is 7.50. The Morgan fingerprint density at radius 1 is 1.60 bits per heavy atom. The van der Waals surface area contributed by atoms with Crippen molar-refractivity contribution in [2.75, 3.05) is 26.2 Å². The van der Waals surface area contributed by atoms with Crippen LogP contribution in [-0.2, 0) is 16.0 Å². The largest absolute Gasteiger partial charge is 0.469 e. The molecule has 1 saturated heterocycles. The molecule has 5 heteroatoms. The van der Waals surface area contributed by atoms with Crippen LogP contribution in [0.3, 0.4) is 0 Å². The normalized spacial score (nSPS) is 27.1. The molecule has 0 bridgehead atoms. The molecule has 0 amide bonds. The summed E-state index contributed by atoms with van der Waals surface area (Å²) < 4.78 is 10.8. The Morgan fingerprint density at radius 3 is 3.35 bits per heavy atom. The van der Waals surface area contributed by atoms with Gasteiger partial charge in [-0.2, -0.15) is 0 Å². The Balaban J connectivity index is 1.82. The summed E-state index contributed by atoms with van der Waals surface area (Å²) in [5, 5.41) is 3.30. The molecular weight excluding hydrogens is 256 g/mol. The van der Waals surface area contributed by atoms with E-state index in [2.05, 4.69) is 16.3 Å². The number of hydrogen-bond donors (Lipinski definition) is 1. The van der Waals surface area contributed by atoms with E-state index in [4.69, 9.17) is 9.15 Å². The summed E-state index contributed by atoms with van der Waals surface area (Å²) >= 11 is 0. The molecule has 1 aromatic heterocycles. The molecular formula is C15H22N2O3. The maximum Gasteiger partial charge on any atom is 0.324 e. The number of fused-ring (bicyclic) bond motifs is 1. The van der Waals surface area contributed by atoms with Gasteiger partial charge in [0.25, 0.3) is 0 Å². The first kappa shape index (κ1) is 13.6. The van der Waals surface area contributed by atoms with Crippen molar-refractivity contribution in [3.63, 3.8) is 0 Å². The van der Waals surface area contributed by atoms with E-state index < -0.39 is 0 Å². The molecule has 0 spiro atoms. The van der Waals surface area contributed by atoms with Crippen LogP contribution in [0.2, 0.25) is 0 Å². The number of piperazine rings is 1. The standard InChI is InChI=1S/C15H22N2O3/c1-2-19-15(18)13-10-16-7-8-17(13)12-4-3-5-14-11(12)6-9-20-14/h6,9,12-13,16H,2-5,7-8,10H2,1H3. The molecule has 2 aliphatic rings. The highest BCUT2D eigenvalue weighted by Gasteiger charge is 2.37. The number of aryl methyl sites for hydroxylation is 1. The van der Waals surface area contributed by atoms with Crippen LogP contribution in [0.25, 0.3) is 0 Å². The summed E-state index contributed by atoms with van der Waals surface area (Å²) in [7, 11) is 0. The number of ether oxygens (including phenoxy) is 1. The lowest BCUT2D eigenvalue weighted by Gasteiger charge is -2.41. The highest BCUT2D eigenvalue weighted by molar-refractivity contribution is 5.76. The zero-order chi connectivity index (χ0) is 13.9. The van der Waals surface area contributed by atoms with E-state index in [1.54, 1.807) is 6.26 Å². The number of hydrogen-bond acceptors (Lipinski definition) is 5. The van der Waals surface area contributed by atoms with Crippen LogP contribution in [0.4, 0.5) is 0 Å². The quantitative estimate of drug-likeness (QED) is 0.849. The lowest BCUT2D eigenvalue weighted by molar-refractivity contribution is -0.151. The lowest BCUT2D eigenvalue weighted by Crippen LogP contribution is -2.56. The molecule has 3 rings (SSSR count). The van der Waals surface area contributed by atoms with Gasteiger partial charge in [-0.15, -0.1) is 0 Å². The fourth-order valence-corrected chi connectivity index (χ4v) is 3.36. The predicted octanol–water partition coefficient (Wildman–Crippen LogP) is 1.49. The van der Waals surface area contributed by atoms with E-state index in [9.17, 15) is 4.79 Å². The van der Waals surface area contributed by atoms with Gasteiger partial charge in [-0.05, 0) is 25.8 Å². The van der Waals surface area contributed by atoms with Crippen molar-refractivity contribution >= 4 is 5.97 Å².